The van der Waals surface area contributed by atoms with Gasteiger partial charge in [0.1, 0.15) is 6.04 Å². The minimum atomic E-state index is -3.40. The van der Waals surface area contributed by atoms with Gasteiger partial charge in [0.15, 0.2) is 9.84 Å². The van der Waals surface area contributed by atoms with Crippen molar-refractivity contribution in [2.45, 2.75) is 23.1 Å². The van der Waals surface area contributed by atoms with E-state index < -0.39 is 39.8 Å². The summed E-state index contributed by atoms with van der Waals surface area (Å²) in [6.45, 7) is 3.91. The highest BCUT2D eigenvalue weighted by atomic mass is 79.9. The summed E-state index contributed by atoms with van der Waals surface area (Å²) in [4.78, 5) is 31.5. The van der Waals surface area contributed by atoms with Crippen molar-refractivity contribution in [2.75, 3.05) is 47.7 Å². The molecule has 3 aliphatic rings. The summed E-state index contributed by atoms with van der Waals surface area (Å²) in [5.74, 6) is -1.53. The lowest BCUT2D eigenvalue weighted by molar-refractivity contribution is -0.655. The molecule has 43 heavy (non-hydrogen) atoms. The normalized spacial score (nSPS) is 23.4. The van der Waals surface area contributed by atoms with E-state index in [2.05, 4.69) is 31.6 Å². The molecule has 0 saturated carbocycles. The van der Waals surface area contributed by atoms with Crippen LogP contribution in [0.3, 0.4) is 0 Å². The van der Waals surface area contributed by atoms with Crippen molar-refractivity contribution in [3.05, 3.63) is 95.0 Å². The second-order valence-electron chi connectivity index (χ2n) is 11.0. The maximum atomic E-state index is 14.1. The number of piperazine rings is 1. The molecule has 2 amide bonds. The fraction of sp³-hybridized carbons (Fsp3) is 0.290. The third-order valence-corrected chi connectivity index (χ3v) is 9.87. The largest absolute Gasteiger partial charge is 0.386 e. The molecule has 0 aromatic heterocycles. The molecule has 0 aliphatic carbocycles. The maximum absolute atomic E-state index is 14.1. The van der Waals surface area contributed by atoms with Gasteiger partial charge in [-0.2, -0.15) is 0 Å². The van der Waals surface area contributed by atoms with E-state index in [1.165, 1.54) is 17.0 Å². The van der Waals surface area contributed by atoms with E-state index in [1.54, 1.807) is 53.6 Å². The van der Waals surface area contributed by atoms with Crippen molar-refractivity contribution in [2.24, 2.45) is 5.92 Å². The molecule has 3 heterocycles. The van der Waals surface area contributed by atoms with Crippen LogP contribution >= 0.6 is 15.9 Å². The zero-order chi connectivity index (χ0) is 30.3. The topological polar surface area (TPSA) is 127 Å². The van der Waals surface area contributed by atoms with Gasteiger partial charge in [-0.15, -0.1) is 0 Å². The number of imide groups is 1. The standard InChI is InChI=1S/C31H32BrN5O5S/c1-43(41,42)25-12-6-22(7-13-25)34-37-27(29(38)20-2-4-21(32)5-3-20)15-14-26-28(37)31(40)36(30(26)39)24-10-8-23(9-11-24)35-18-16-33-17-19-35/h2-15,26-29,33-34,38H,16-19H2,1H3/p+1/t26-,27-,28+,29-/m1/s1. The van der Waals surface area contributed by atoms with Gasteiger partial charge < -0.3 is 20.7 Å². The Morgan fingerprint density at radius 1 is 0.884 bits per heavy atom. The Morgan fingerprint density at radius 3 is 2.14 bits per heavy atom. The molecule has 3 aromatic rings. The van der Waals surface area contributed by atoms with Crippen LogP contribution in [0.4, 0.5) is 17.1 Å². The number of carbonyl (C=O) groups excluding carboxylic acids is 2. The van der Waals surface area contributed by atoms with Crippen LogP contribution in [0.2, 0.25) is 0 Å². The molecular formula is C31H33BrN5O5S+. The van der Waals surface area contributed by atoms with E-state index in [1.807, 2.05) is 24.3 Å². The quantitative estimate of drug-likeness (QED) is 0.259. The molecule has 0 bridgehead atoms. The molecule has 12 heteroatoms. The molecule has 10 nitrogen and oxygen atoms in total. The third-order valence-electron chi connectivity index (χ3n) is 8.21. The SMILES string of the molecule is CS(=O)(=O)c1ccc(NN2[C@@H]([C@H](O)c3ccc(Br)cc3)C=C[C@H]3C(=O)N(c4ccc(N5CC[NH2+]CC5)cc4)C(=O)[C@H]32)cc1. The summed E-state index contributed by atoms with van der Waals surface area (Å²) in [6, 6.07) is 19.2. The first-order valence-electron chi connectivity index (χ1n) is 14.1. The van der Waals surface area contributed by atoms with Crippen LogP contribution in [0.25, 0.3) is 0 Å². The highest BCUT2D eigenvalue weighted by molar-refractivity contribution is 9.10. The zero-order valence-corrected chi connectivity index (χ0v) is 25.9. The summed E-state index contributed by atoms with van der Waals surface area (Å²) < 4.78 is 24.9. The molecule has 6 rings (SSSR count). The zero-order valence-electron chi connectivity index (χ0n) is 23.5. The van der Waals surface area contributed by atoms with Gasteiger partial charge in [0.2, 0.25) is 5.91 Å². The number of nitrogens with zero attached hydrogens (tertiary/aromatic N) is 3. The predicted octanol–water partition coefficient (Wildman–Crippen LogP) is 2.10. The molecule has 3 aromatic carbocycles. The van der Waals surface area contributed by atoms with Crippen molar-refractivity contribution in [1.29, 1.82) is 0 Å². The van der Waals surface area contributed by atoms with E-state index in [0.717, 1.165) is 42.6 Å². The monoisotopic (exact) mass is 666 g/mol. The molecule has 2 fully saturated rings. The summed E-state index contributed by atoms with van der Waals surface area (Å²) in [5.41, 5.74) is 5.91. The van der Waals surface area contributed by atoms with Crippen molar-refractivity contribution in [1.82, 2.24) is 5.01 Å². The van der Waals surface area contributed by atoms with Crippen LogP contribution in [0.15, 0.2) is 94.3 Å². The Bertz CT molecular complexity index is 1640. The number of benzene rings is 3. The Labute approximate surface area is 259 Å². The number of aliphatic hydroxyl groups is 1. The molecule has 2 saturated heterocycles. The number of fused-ring (bicyclic) bond motifs is 1. The summed E-state index contributed by atoms with van der Waals surface area (Å²) in [5, 5.41) is 15.4. The number of amides is 2. The molecular weight excluding hydrogens is 634 g/mol. The summed E-state index contributed by atoms with van der Waals surface area (Å²) in [6.07, 6.45) is 3.55. The molecule has 0 unspecified atom stereocenters. The number of nitrogens with one attached hydrogen (secondary N) is 1. The Kier molecular flexibility index (Phi) is 8.14. The lowest BCUT2D eigenvalue weighted by Gasteiger charge is -2.40. The third kappa shape index (κ3) is 5.85. The molecule has 0 spiro atoms. The van der Waals surface area contributed by atoms with Crippen LogP contribution in [-0.4, -0.2) is 74.9 Å². The first kappa shape index (κ1) is 29.5. The molecule has 4 N–H and O–H groups in total. The van der Waals surface area contributed by atoms with Crippen LogP contribution in [-0.2, 0) is 19.4 Å². The van der Waals surface area contributed by atoms with E-state index in [4.69, 9.17) is 0 Å². The second kappa shape index (κ2) is 11.9. The molecule has 4 atom stereocenters. The number of quaternary nitrogens is 1. The van der Waals surface area contributed by atoms with Gasteiger partial charge in [-0.25, -0.2) is 18.3 Å². The van der Waals surface area contributed by atoms with Crippen molar-refractivity contribution in [3.63, 3.8) is 0 Å². The highest BCUT2D eigenvalue weighted by Gasteiger charge is 2.54. The van der Waals surface area contributed by atoms with Crippen molar-refractivity contribution in [3.8, 4) is 0 Å². The number of aliphatic hydroxyl groups excluding tert-OH is 1. The number of rotatable bonds is 7. The molecule has 3 aliphatic heterocycles. The summed E-state index contributed by atoms with van der Waals surface area (Å²) >= 11 is 3.42. The number of anilines is 3. The minimum absolute atomic E-state index is 0.158. The van der Waals surface area contributed by atoms with Crippen LogP contribution in [0.5, 0.6) is 0 Å². The van der Waals surface area contributed by atoms with Crippen LogP contribution in [0, 0.1) is 5.92 Å². The van der Waals surface area contributed by atoms with Gasteiger partial charge in [-0.3, -0.25) is 9.59 Å². The second-order valence-corrected chi connectivity index (χ2v) is 14.0. The molecule has 0 radical (unpaired) electrons. The number of nitrogens with two attached hydrogens (primary N) is 1. The number of sulfone groups is 1. The van der Waals surface area contributed by atoms with Gasteiger partial charge in [-0.05, 0) is 66.2 Å². The van der Waals surface area contributed by atoms with Gasteiger partial charge in [0.25, 0.3) is 5.91 Å². The number of halogens is 1. The van der Waals surface area contributed by atoms with E-state index in [0.29, 0.717) is 16.9 Å². The van der Waals surface area contributed by atoms with Gasteiger partial charge >= 0.3 is 0 Å². The number of hydrazine groups is 1. The predicted molar refractivity (Wildman–Crippen MR) is 167 cm³/mol. The summed E-state index contributed by atoms with van der Waals surface area (Å²) in [7, 11) is -3.40. The first-order valence-corrected chi connectivity index (χ1v) is 16.8. The molecule has 224 valence electrons. The lowest BCUT2D eigenvalue weighted by Crippen LogP contribution is -2.89. The number of hydrogen-bond donors (Lipinski definition) is 3. The number of carbonyl (C=O) groups is 2. The van der Waals surface area contributed by atoms with Crippen molar-refractivity contribution >= 4 is 54.6 Å². The Balaban J connectivity index is 1.32. The number of hydrogen-bond acceptors (Lipinski definition) is 8. The average molecular weight is 668 g/mol. The lowest BCUT2D eigenvalue weighted by atomic mass is 9.90. The van der Waals surface area contributed by atoms with E-state index in [-0.39, 0.29) is 10.8 Å². The van der Waals surface area contributed by atoms with E-state index >= 15 is 0 Å². The van der Waals surface area contributed by atoms with Gasteiger partial charge in [0, 0.05) is 22.1 Å². The van der Waals surface area contributed by atoms with Crippen LogP contribution in [0.1, 0.15) is 11.7 Å². The highest BCUT2D eigenvalue weighted by Crippen LogP contribution is 2.38. The average Bonchev–Trinajstić information content (AvgIpc) is 3.27. The fourth-order valence-corrected chi connectivity index (χ4v) is 6.82. The maximum Gasteiger partial charge on any atom is 0.254 e. The Morgan fingerprint density at radius 2 is 1.51 bits per heavy atom. The van der Waals surface area contributed by atoms with Gasteiger partial charge in [-0.1, -0.05) is 40.2 Å². The smallest absolute Gasteiger partial charge is 0.254 e. The minimum Gasteiger partial charge on any atom is -0.386 e. The van der Waals surface area contributed by atoms with Crippen molar-refractivity contribution < 1.29 is 28.4 Å². The fourth-order valence-electron chi connectivity index (χ4n) is 5.93. The van der Waals surface area contributed by atoms with E-state index in [9.17, 15) is 23.1 Å². The Hall–Kier alpha value is -3.55. The van der Waals surface area contributed by atoms with Crippen LogP contribution < -0.4 is 20.5 Å². The van der Waals surface area contributed by atoms with Gasteiger partial charge in [0.05, 0.1) is 54.8 Å². The first-order chi connectivity index (χ1) is 20.6.